The van der Waals surface area contributed by atoms with Gasteiger partial charge in [-0.1, -0.05) is 54.6 Å². The van der Waals surface area contributed by atoms with E-state index in [1.807, 2.05) is 11.0 Å². The van der Waals surface area contributed by atoms with Crippen LogP contribution in [0.2, 0.25) is 0 Å². The molecule has 0 aromatic heterocycles. The molecule has 1 amide bonds. The maximum absolute atomic E-state index is 13.8. The predicted molar refractivity (Wildman–Crippen MR) is 111 cm³/mol. The smallest absolute Gasteiger partial charge is 0.243 e. The van der Waals surface area contributed by atoms with Crippen molar-refractivity contribution in [3.8, 4) is 0 Å². The van der Waals surface area contributed by atoms with Crippen LogP contribution in [-0.4, -0.2) is 61.1 Å². The molecule has 1 aliphatic heterocycles. The lowest BCUT2D eigenvalue weighted by Gasteiger charge is -2.41. The van der Waals surface area contributed by atoms with Gasteiger partial charge in [0.05, 0.1) is 6.61 Å². The van der Waals surface area contributed by atoms with Crippen molar-refractivity contribution in [2.45, 2.75) is 31.2 Å². The van der Waals surface area contributed by atoms with Gasteiger partial charge in [-0.3, -0.25) is 9.69 Å². The highest BCUT2D eigenvalue weighted by Gasteiger charge is 2.48. The molecule has 0 radical (unpaired) electrons. The number of benzene rings is 2. The highest BCUT2D eigenvalue weighted by molar-refractivity contribution is 5.88. The zero-order chi connectivity index (χ0) is 19.4. The lowest BCUT2D eigenvalue weighted by atomic mass is 9.90. The van der Waals surface area contributed by atoms with E-state index in [-0.39, 0.29) is 5.91 Å². The van der Waals surface area contributed by atoms with Crippen molar-refractivity contribution in [3.05, 3.63) is 71.3 Å². The van der Waals surface area contributed by atoms with Crippen molar-refractivity contribution < 1.29 is 9.53 Å². The van der Waals surface area contributed by atoms with Crippen LogP contribution in [0.3, 0.4) is 0 Å². The first-order valence-corrected chi connectivity index (χ1v) is 10.4. The first-order valence-electron chi connectivity index (χ1n) is 10.4. The summed E-state index contributed by atoms with van der Waals surface area (Å²) < 4.78 is 5.59. The van der Waals surface area contributed by atoms with Gasteiger partial charge in [0.25, 0.3) is 0 Å². The van der Waals surface area contributed by atoms with E-state index < -0.39 is 5.54 Å². The van der Waals surface area contributed by atoms with Crippen LogP contribution in [0.25, 0.3) is 0 Å². The highest BCUT2D eigenvalue weighted by Crippen LogP contribution is 2.36. The van der Waals surface area contributed by atoms with E-state index in [4.69, 9.17) is 4.74 Å². The topological polar surface area (TPSA) is 32.8 Å². The molecule has 1 aliphatic carbocycles. The van der Waals surface area contributed by atoms with E-state index in [2.05, 4.69) is 60.5 Å². The summed E-state index contributed by atoms with van der Waals surface area (Å²) in [4.78, 5) is 18.2. The van der Waals surface area contributed by atoms with E-state index in [1.165, 1.54) is 16.7 Å². The van der Waals surface area contributed by atoms with Crippen LogP contribution in [-0.2, 0) is 28.8 Å². The summed E-state index contributed by atoms with van der Waals surface area (Å²) in [6.07, 6.45) is 3.46. The molecule has 2 aliphatic rings. The molecule has 4 rings (SSSR count). The quantitative estimate of drug-likeness (QED) is 0.802. The third-order valence-electron chi connectivity index (χ3n) is 6.30. The Balaban J connectivity index is 1.57. The number of fused-ring (bicyclic) bond motifs is 1. The molecule has 148 valence electrons. The number of carbonyl (C=O) groups excluding carboxylic acids is 1. The Hall–Kier alpha value is -2.17. The second-order valence-electron chi connectivity index (χ2n) is 8.07. The van der Waals surface area contributed by atoms with Crippen LogP contribution in [0, 0.1) is 0 Å². The van der Waals surface area contributed by atoms with Crippen molar-refractivity contribution in [2.24, 2.45) is 0 Å². The Kier molecular flexibility index (Phi) is 5.79. The normalized spacial score (nSPS) is 18.7. The standard InChI is InChI=1S/C24H30N2O2/c1-25(14-12-20-8-3-2-4-9-20)24(18-21-10-5-6-11-22(21)19-24)23(27)26-13-7-16-28-17-15-26/h2-6,8-11H,7,12-19H2,1H3. The number of rotatable bonds is 5. The van der Waals surface area contributed by atoms with Crippen molar-refractivity contribution in [3.63, 3.8) is 0 Å². The largest absolute Gasteiger partial charge is 0.380 e. The zero-order valence-corrected chi connectivity index (χ0v) is 16.8. The van der Waals surface area contributed by atoms with Gasteiger partial charge in [0.15, 0.2) is 0 Å². The third-order valence-corrected chi connectivity index (χ3v) is 6.30. The number of carbonyl (C=O) groups is 1. The number of ether oxygens (including phenoxy) is 1. The molecule has 2 aromatic rings. The first-order chi connectivity index (χ1) is 13.7. The number of amides is 1. The van der Waals surface area contributed by atoms with Gasteiger partial charge >= 0.3 is 0 Å². The summed E-state index contributed by atoms with van der Waals surface area (Å²) in [5, 5.41) is 0. The van der Waals surface area contributed by atoms with E-state index in [1.54, 1.807) is 0 Å². The molecule has 1 heterocycles. The Morgan fingerprint density at radius 3 is 2.39 bits per heavy atom. The maximum atomic E-state index is 13.8. The average molecular weight is 379 g/mol. The molecule has 4 nitrogen and oxygen atoms in total. The molecule has 0 atom stereocenters. The Bertz CT molecular complexity index is 772. The van der Waals surface area contributed by atoms with Gasteiger partial charge in [-0.15, -0.1) is 0 Å². The van der Waals surface area contributed by atoms with Crippen molar-refractivity contribution in [2.75, 3.05) is 39.9 Å². The van der Waals surface area contributed by atoms with Gasteiger partial charge in [-0.05, 0) is 36.6 Å². The van der Waals surface area contributed by atoms with Gasteiger partial charge in [0.1, 0.15) is 5.54 Å². The molecule has 0 bridgehead atoms. The monoisotopic (exact) mass is 378 g/mol. The molecule has 0 unspecified atom stereocenters. The Morgan fingerprint density at radius 2 is 1.68 bits per heavy atom. The molecule has 0 saturated carbocycles. The molecule has 4 heteroatoms. The molecule has 28 heavy (non-hydrogen) atoms. The van der Waals surface area contributed by atoms with Gasteiger partial charge in [0, 0.05) is 39.1 Å². The molecule has 2 aromatic carbocycles. The van der Waals surface area contributed by atoms with Crippen LogP contribution in [0.15, 0.2) is 54.6 Å². The Labute approximate surface area is 168 Å². The summed E-state index contributed by atoms with van der Waals surface area (Å²) in [6.45, 7) is 3.75. The van der Waals surface area contributed by atoms with Crippen LogP contribution in [0.1, 0.15) is 23.1 Å². The fourth-order valence-corrected chi connectivity index (χ4v) is 4.58. The van der Waals surface area contributed by atoms with E-state index in [0.717, 1.165) is 45.4 Å². The fraction of sp³-hybridized carbons (Fsp3) is 0.458. The Morgan fingerprint density at radius 1 is 1.00 bits per heavy atom. The SMILES string of the molecule is CN(CCc1ccccc1)C1(C(=O)N2CCCOCC2)Cc2ccccc2C1. The van der Waals surface area contributed by atoms with Gasteiger partial charge in [0.2, 0.25) is 5.91 Å². The number of likely N-dealkylation sites (N-methyl/N-ethyl adjacent to an activating group) is 1. The third kappa shape index (κ3) is 3.85. The van der Waals surface area contributed by atoms with E-state index in [9.17, 15) is 4.79 Å². The van der Waals surface area contributed by atoms with Gasteiger partial charge in [-0.25, -0.2) is 0 Å². The molecule has 0 spiro atoms. The second kappa shape index (κ2) is 8.46. The minimum Gasteiger partial charge on any atom is -0.380 e. The summed E-state index contributed by atoms with van der Waals surface area (Å²) in [5.74, 6) is 0.268. The molecule has 1 saturated heterocycles. The highest BCUT2D eigenvalue weighted by atomic mass is 16.5. The summed E-state index contributed by atoms with van der Waals surface area (Å²) in [5.41, 5.74) is 3.46. The van der Waals surface area contributed by atoms with Crippen molar-refractivity contribution in [1.82, 2.24) is 9.80 Å². The van der Waals surface area contributed by atoms with Crippen LogP contribution in [0.5, 0.6) is 0 Å². The lowest BCUT2D eigenvalue weighted by Crippen LogP contribution is -2.60. The summed E-state index contributed by atoms with van der Waals surface area (Å²) >= 11 is 0. The second-order valence-corrected chi connectivity index (χ2v) is 8.07. The van der Waals surface area contributed by atoms with Gasteiger partial charge in [-0.2, -0.15) is 0 Å². The number of hydrogen-bond donors (Lipinski definition) is 0. The number of nitrogens with zero attached hydrogens (tertiary/aromatic N) is 2. The molecular formula is C24H30N2O2. The zero-order valence-electron chi connectivity index (χ0n) is 16.8. The minimum absolute atomic E-state index is 0.268. The summed E-state index contributed by atoms with van der Waals surface area (Å²) in [7, 11) is 2.13. The first kappa shape index (κ1) is 19.2. The molecule has 0 N–H and O–H groups in total. The molecule has 1 fully saturated rings. The maximum Gasteiger partial charge on any atom is 0.243 e. The van der Waals surface area contributed by atoms with E-state index >= 15 is 0 Å². The van der Waals surface area contributed by atoms with E-state index in [0.29, 0.717) is 13.2 Å². The molecular weight excluding hydrogens is 348 g/mol. The van der Waals surface area contributed by atoms with Crippen LogP contribution < -0.4 is 0 Å². The van der Waals surface area contributed by atoms with Crippen LogP contribution in [0.4, 0.5) is 0 Å². The van der Waals surface area contributed by atoms with Gasteiger partial charge < -0.3 is 9.64 Å². The average Bonchev–Trinajstić information content (AvgIpc) is 2.93. The minimum atomic E-state index is -0.483. The fourth-order valence-electron chi connectivity index (χ4n) is 4.58. The van der Waals surface area contributed by atoms with Crippen LogP contribution >= 0.6 is 0 Å². The number of hydrogen-bond acceptors (Lipinski definition) is 3. The van der Waals surface area contributed by atoms with Crippen molar-refractivity contribution >= 4 is 5.91 Å². The lowest BCUT2D eigenvalue weighted by molar-refractivity contribution is -0.143. The summed E-state index contributed by atoms with van der Waals surface area (Å²) in [6, 6.07) is 19.1. The predicted octanol–water partition coefficient (Wildman–Crippen LogP) is 2.95. The van der Waals surface area contributed by atoms with Crippen molar-refractivity contribution in [1.29, 1.82) is 0 Å².